The minimum Gasteiger partial charge on any atom is -0.467 e. The van der Waals surface area contributed by atoms with Crippen molar-refractivity contribution in [3.8, 4) is 12.0 Å². The number of methoxy groups -OCH3 is 2. The van der Waals surface area contributed by atoms with Crippen LogP contribution in [0.5, 0.6) is 12.0 Å². The Morgan fingerprint density at radius 1 is 1.11 bits per heavy atom. The van der Waals surface area contributed by atoms with Gasteiger partial charge in [-0.2, -0.15) is 9.97 Å². The number of nitrogens with one attached hydrogen (secondary N) is 1. The van der Waals surface area contributed by atoms with Crippen LogP contribution in [0.1, 0.15) is 5.56 Å². The first-order valence-corrected chi connectivity index (χ1v) is 6.04. The number of aromatic nitrogens is 3. The Kier molecular flexibility index (Phi) is 4.35. The summed E-state index contributed by atoms with van der Waals surface area (Å²) < 4.78 is 9.95. The molecule has 2 aromatic rings. The summed E-state index contributed by atoms with van der Waals surface area (Å²) in [6, 6.07) is 8.00. The molecule has 0 aliphatic carbocycles. The molecule has 0 saturated heterocycles. The number of alkyl halides is 1. The zero-order valence-corrected chi connectivity index (χ0v) is 11.3. The maximum atomic E-state index is 5.79. The third-order valence-electron chi connectivity index (χ3n) is 2.30. The molecule has 1 heterocycles. The van der Waals surface area contributed by atoms with Crippen LogP contribution in [0.4, 0.5) is 11.6 Å². The molecule has 7 heteroatoms. The fraction of sp³-hybridized carbons (Fsp3) is 0.250. The number of hydrogen-bond donors (Lipinski definition) is 1. The zero-order valence-electron chi connectivity index (χ0n) is 10.6. The van der Waals surface area contributed by atoms with Crippen LogP contribution in [-0.4, -0.2) is 29.2 Å². The van der Waals surface area contributed by atoms with Crippen molar-refractivity contribution in [3.63, 3.8) is 0 Å². The molecule has 0 bridgehead atoms. The molecule has 0 aliphatic heterocycles. The highest BCUT2D eigenvalue weighted by atomic mass is 35.5. The van der Waals surface area contributed by atoms with Crippen molar-refractivity contribution in [3.05, 3.63) is 29.8 Å². The fourth-order valence-corrected chi connectivity index (χ4v) is 1.60. The highest BCUT2D eigenvalue weighted by Gasteiger charge is 2.07. The highest BCUT2D eigenvalue weighted by molar-refractivity contribution is 6.17. The van der Waals surface area contributed by atoms with E-state index in [0.29, 0.717) is 11.8 Å². The van der Waals surface area contributed by atoms with Gasteiger partial charge in [-0.05, 0) is 17.7 Å². The number of hydrogen-bond acceptors (Lipinski definition) is 6. The maximum Gasteiger partial charge on any atom is 0.324 e. The van der Waals surface area contributed by atoms with Crippen molar-refractivity contribution < 1.29 is 9.47 Å². The lowest BCUT2D eigenvalue weighted by atomic mass is 10.2. The molecule has 0 fully saturated rings. The summed E-state index contributed by atoms with van der Waals surface area (Å²) in [6.45, 7) is 0. The minimum atomic E-state index is 0.183. The van der Waals surface area contributed by atoms with E-state index in [4.69, 9.17) is 21.1 Å². The molecule has 0 amide bonds. The van der Waals surface area contributed by atoms with Crippen LogP contribution >= 0.6 is 11.6 Å². The molecule has 1 aromatic heterocycles. The lowest BCUT2D eigenvalue weighted by Gasteiger charge is -2.08. The summed E-state index contributed by atoms with van der Waals surface area (Å²) in [5.41, 5.74) is 1.83. The van der Waals surface area contributed by atoms with E-state index < -0.39 is 0 Å². The van der Waals surface area contributed by atoms with Crippen molar-refractivity contribution in [1.82, 2.24) is 15.0 Å². The van der Waals surface area contributed by atoms with Crippen molar-refractivity contribution in [1.29, 1.82) is 0 Å². The first-order valence-electron chi connectivity index (χ1n) is 5.51. The number of benzene rings is 1. The highest BCUT2D eigenvalue weighted by Crippen LogP contribution is 2.18. The van der Waals surface area contributed by atoms with Crippen LogP contribution in [0.25, 0.3) is 0 Å². The van der Waals surface area contributed by atoms with Gasteiger partial charge in [0.05, 0.1) is 14.2 Å². The van der Waals surface area contributed by atoms with Crippen LogP contribution in [0.3, 0.4) is 0 Å². The van der Waals surface area contributed by atoms with E-state index in [2.05, 4.69) is 20.3 Å². The third-order valence-corrected chi connectivity index (χ3v) is 2.61. The third kappa shape index (κ3) is 3.45. The molecule has 2 rings (SSSR count). The maximum absolute atomic E-state index is 5.79. The van der Waals surface area contributed by atoms with E-state index >= 15 is 0 Å². The van der Waals surface area contributed by atoms with E-state index in [0.717, 1.165) is 11.3 Å². The summed E-state index contributed by atoms with van der Waals surface area (Å²) in [5.74, 6) is 0.787. The molecular weight excluding hydrogens is 268 g/mol. The standard InChI is InChI=1S/C12H13ClN4O2/c1-18-11-15-10(16-12(17-11)19-2)14-9-5-3-4-8(6-9)7-13/h3-6H,7H2,1-2H3,(H,14,15,16,17). The van der Waals surface area contributed by atoms with E-state index in [1.165, 1.54) is 14.2 Å². The molecule has 0 atom stereocenters. The Hall–Kier alpha value is -2.08. The van der Waals surface area contributed by atoms with E-state index in [9.17, 15) is 0 Å². The first-order chi connectivity index (χ1) is 9.25. The second kappa shape index (κ2) is 6.19. The smallest absolute Gasteiger partial charge is 0.324 e. The summed E-state index contributed by atoms with van der Waals surface area (Å²) in [4.78, 5) is 12.1. The number of anilines is 2. The Labute approximate surface area is 115 Å². The first kappa shape index (κ1) is 13.4. The van der Waals surface area contributed by atoms with Gasteiger partial charge in [0.2, 0.25) is 5.95 Å². The molecule has 19 heavy (non-hydrogen) atoms. The van der Waals surface area contributed by atoms with Crippen LogP contribution in [0, 0.1) is 0 Å². The lowest BCUT2D eigenvalue weighted by molar-refractivity contribution is 0.341. The molecule has 1 aromatic carbocycles. The Morgan fingerprint density at radius 2 is 1.79 bits per heavy atom. The van der Waals surface area contributed by atoms with E-state index in [1.54, 1.807) is 0 Å². The molecule has 0 spiro atoms. The van der Waals surface area contributed by atoms with Gasteiger partial charge >= 0.3 is 12.0 Å². The molecular formula is C12H13ClN4O2. The van der Waals surface area contributed by atoms with Gasteiger partial charge in [0.25, 0.3) is 0 Å². The Balaban J connectivity index is 2.26. The molecule has 0 saturated carbocycles. The largest absolute Gasteiger partial charge is 0.467 e. The van der Waals surface area contributed by atoms with Gasteiger partial charge in [0, 0.05) is 11.6 Å². The second-order valence-electron chi connectivity index (χ2n) is 3.59. The number of rotatable bonds is 5. The van der Waals surface area contributed by atoms with Crippen LogP contribution < -0.4 is 14.8 Å². The second-order valence-corrected chi connectivity index (χ2v) is 3.86. The predicted octanol–water partition coefficient (Wildman–Crippen LogP) is 2.37. The summed E-state index contributed by atoms with van der Waals surface area (Å²) in [7, 11) is 2.96. The van der Waals surface area contributed by atoms with Crippen molar-refractivity contribution >= 4 is 23.2 Å². The van der Waals surface area contributed by atoms with Crippen LogP contribution in [0.15, 0.2) is 24.3 Å². The summed E-state index contributed by atoms with van der Waals surface area (Å²) in [5, 5.41) is 3.05. The summed E-state index contributed by atoms with van der Waals surface area (Å²) in [6.07, 6.45) is 0. The lowest BCUT2D eigenvalue weighted by Crippen LogP contribution is -2.03. The number of nitrogens with zero attached hydrogens (tertiary/aromatic N) is 3. The van der Waals surface area contributed by atoms with Gasteiger partial charge in [-0.15, -0.1) is 16.6 Å². The molecule has 1 N–H and O–H groups in total. The van der Waals surface area contributed by atoms with Gasteiger partial charge < -0.3 is 14.8 Å². The molecule has 6 nitrogen and oxygen atoms in total. The van der Waals surface area contributed by atoms with E-state index in [-0.39, 0.29) is 12.0 Å². The SMILES string of the molecule is COc1nc(Nc2cccc(CCl)c2)nc(OC)n1. The van der Waals surface area contributed by atoms with Crippen LogP contribution in [0.2, 0.25) is 0 Å². The van der Waals surface area contributed by atoms with E-state index in [1.807, 2.05) is 24.3 Å². The normalized spacial score (nSPS) is 10.1. The van der Waals surface area contributed by atoms with Crippen molar-refractivity contribution in [2.75, 3.05) is 19.5 Å². The number of ether oxygens (including phenoxy) is 2. The van der Waals surface area contributed by atoms with Crippen molar-refractivity contribution in [2.24, 2.45) is 0 Å². The topological polar surface area (TPSA) is 69.2 Å². The van der Waals surface area contributed by atoms with Crippen LogP contribution in [-0.2, 0) is 5.88 Å². The van der Waals surface area contributed by atoms with Gasteiger partial charge in [-0.25, -0.2) is 0 Å². The van der Waals surface area contributed by atoms with Gasteiger partial charge in [0.15, 0.2) is 0 Å². The quantitative estimate of drug-likeness (QED) is 0.848. The fourth-order valence-electron chi connectivity index (χ4n) is 1.44. The Bertz CT molecular complexity index is 543. The molecule has 0 radical (unpaired) electrons. The molecule has 100 valence electrons. The predicted molar refractivity (Wildman–Crippen MR) is 72.2 cm³/mol. The average molecular weight is 281 g/mol. The molecule has 0 unspecified atom stereocenters. The van der Waals surface area contributed by atoms with Gasteiger partial charge in [0.1, 0.15) is 0 Å². The zero-order chi connectivity index (χ0) is 13.7. The van der Waals surface area contributed by atoms with Gasteiger partial charge in [-0.3, -0.25) is 0 Å². The monoisotopic (exact) mass is 280 g/mol. The summed E-state index contributed by atoms with van der Waals surface area (Å²) >= 11 is 5.79. The average Bonchev–Trinajstić information content (AvgIpc) is 2.47. The van der Waals surface area contributed by atoms with Gasteiger partial charge in [-0.1, -0.05) is 12.1 Å². The number of halogens is 1. The minimum absolute atomic E-state index is 0.183. The Morgan fingerprint density at radius 3 is 2.37 bits per heavy atom. The molecule has 0 aliphatic rings. The van der Waals surface area contributed by atoms with Crippen molar-refractivity contribution in [2.45, 2.75) is 5.88 Å².